The molecule has 0 aliphatic carbocycles. The molecule has 0 aromatic heterocycles. The summed E-state index contributed by atoms with van der Waals surface area (Å²) >= 11 is 0. The van der Waals surface area contributed by atoms with Crippen molar-refractivity contribution in [3.05, 3.63) is 0 Å². The van der Waals surface area contributed by atoms with Crippen LogP contribution in [0.5, 0.6) is 0 Å². The first-order valence-electron chi connectivity index (χ1n) is 7.91. The highest BCUT2D eigenvalue weighted by atomic mass is 32.3. The van der Waals surface area contributed by atoms with Gasteiger partial charge in [0.15, 0.2) is 23.8 Å². The minimum atomic E-state index is -5.35. The fraction of sp³-hybridized carbons (Fsp3) is 0.700. The van der Waals surface area contributed by atoms with Crippen LogP contribution in [0.1, 0.15) is 0 Å². The largest absolute Gasteiger partial charge is 0.729 e. The monoisotopic (exact) mass is 489 g/mol. The lowest BCUT2D eigenvalue weighted by Crippen LogP contribution is -2.80. The summed E-state index contributed by atoms with van der Waals surface area (Å²) in [5.41, 5.74) is 3.24. The summed E-state index contributed by atoms with van der Waals surface area (Å²) in [6.45, 7) is -1.78. The lowest BCUT2D eigenvalue weighted by Gasteiger charge is -2.53. The second-order valence-corrected chi connectivity index (χ2v) is 8.62. The summed E-state index contributed by atoms with van der Waals surface area (Å²) in [5, 5.41) is 53.7. The standard InChI is InChI=1S/C10H17N7O12S2/c11-6-13-5-3(2-28-8(18)15-30(22,23)24)17(21)7(12)16-1-4(29-31(25,26)27)10(19,20)9(5,16)14-6/h3-5,12,19-21H,1-2H2,(H,15,18)(H3,11,13,14)(H,22,23,24)(H,25,26,27)/p-2/t3-,4+,5-,9-/m0/s1. The van der Waals surface area contributed by atoms with Gasteiger partial charge >= 0.3 is 10.4 Å². The number of nitrogens with one attached hydrogen (secondary N) is 2. The van der Waals surface area contributed by atoms with E-state index in [1.165, 1.54) is 0 Å². The summed E-state index contributed by atoms with van der Waals surface area (Å²) in [7, 11) is -10.6. The van der Waals surface area contributed by atoms with E-state index in [0.717, 1.165) is 4.90 Å². The zero-order valence-electron chi connectivity index (χ0n) is 14.9. The summed E-state index contributed by atoms with van der Waals surface area (Å²) in [4.78, 5) is 4.57. The molecular formula is C10H15N7O12S2-2. The smallest absolute Gasteiger partial charge is 0.397 e. The van der Waals surface area contributed by atoms with Crippen molar-refractivity contribution in [1.82, 2.24) is 15.3 Å². The third kappa shape index (κ3) is 3.80. The molecule has 0 saturated carbocycles. The highest BCUT2D eigenvalue weighted by molar-refractivity contribution is 7.84. The number of hydroxylamine groups is 2. The Morgan fingerprint density at radius 3 is 2.58 bits per heavy atom. The molecule has 31 heavy (non-hydrogen) atoms. The van der Waals surface area contributed by atoms with Crippen LogP contribution < -0.4 is 16.2 Å². The average molecular weight is 489 g/mol. The molecule has 1 spiro atoms. The molecule has 19 nitrogen and oxygen atoms in total. The third-order valence-corrected chi connectivity index (χ3v) is 5.61. The number of ether oxygens (including phenoxy) is 1. The number of guanidine groups is 2. The molecule has 0 bridgehead atoms. The first-order chi connectivity index (χ1) is 14.0. The second-order valence-electron chi connectivity index (χ2n) is 6.53. The van der Waals surface area contributed by atoms with Crippen molar-refractivity contribution in [1.29, 1.82) is 5.41 Å². The average Bonchev–Trinajstić information content (AvgIpc) is 3.02. The number of aliphatic imine (C=N–C) groups is 1. The van der Waals surface area contributed by atoms with E-state index in [1.54, 1.807) is 0 Å². The quantitative estimate of drug-likeness (QED) is 0.0816. The van der Waals surface area contributed by atoms with Gasteiger partial charge in [-0.05, 0) is 0 Å². The summed E-state index contributed by atoms with van der Waals surface area (Å²) < 4.78 is 73.5. The maximum Gasteiger partial charge on any atom is 0.397 e. The lowest BCUT2D eigenvalue weighted by molar-refractivity contribution is -0.270. The van der Waals surface area contributed by atoms with Crippen molar-refractivity contribution in [2.75, 3.05) is 13.2 Å². The normalized spacial score (nSPS) is 32.9. The van der Waals surface area contributed by atoms with Crippen molar-refractivity contribution >= 4 is 38.7 Å². The van der Waals surface area contributed by atoms with Crippen LogP contribution in [0.15, 0.2) is 9.39 Å². The van der Waals surface area contributed by atoms with E-state index in [0.29, 0.717) is 0 Å². The maximum atomic E-state index is 11.4. The van der Waals surface area contributed by atoms with Gasteiger partial charge in [0, 0.05) is 6.61 Å². The Labute approximate surface area is 173 Å². The zero-order chi connectivity index (χ0) is 23.6. The van der Waals surface area contributed by atoms with E-state index in [-0.39, 0.29) is 5.06 Å². The number of nitrogens with zero attached hydrogens (tertiary/aromatic N) is 4. The van der Waals surface area contributed by atoms with Crippen LogP contribution in [0.2, 0.25) is 0 Å². The Bertz CT molecular complexity index is 1060. The third-order valence-electron chi connectivity index (χ3n) is 4.76. The van der Waals surface area contributed by atoms with Gasteiger partial charge < -0.3 is 40.6 Å². The van der Waals surface area contributed by atoms with E-state index in [2.05, 4.69) is 23.6 Å². The van der Waals surface area contributed by atoms with E-state index >= 15 is 0 Å². The Balaban J connectivity index is 2.00. The Kier molecular flexibility index (Phi) is 5.22. The molecule has 4 atom stereocenters. The van der Waals surface area contributed by atoms with Crippen molar-refractivity contribution in [3.8, 4) is 0 Å². The van der Waals surface area contributed by atoms with Crippen LogP contribution >= 0.6 is 0 Å². The molecule has 3 aliphatic heterocycles. The second kappa shape index (κ2) is 6.99. The molecule has 2 saturated heterocycles. The highest BCUT2D eigenvalue weighted by Crippen LogP contribution is 2.47. The van der Waals surface area contributed by atoms with Gasteiger partial charge in [-0.1, -0.05) is 0 Å². The molecular weight excluding hydrogens is 474 g/mol. The van der Waals surface area contributed by atoms with Gasteiger partial charge in [-0.2, -0.15) is 12.8 Å². The fourth-order valence-electron chi connectivity index (χ4n) is 3.68. The molecule has 0 aromatic rings. The number of rotatable bonds is 5. The minimum Gasteiger partial charge on any atom is -0.729 e. The van der Waals surface area contributed by atoms with E-state index in [9.17, 15) is 41.9 Å². The zero-order valence-corrected chi connectivity index (χ0v) is 16.5. The molecule has 0 unspecified atom stereocenters. The van der Waals surface area contributed by atoms with Crippen LogP contribution in [0.4, 0.5) is 0 Å². The molecule has 176 valence electrons. The molecule has 0 radical (unpaired) electrons. The lowest BCUT2D eigenvalue weighted by atomic mass is 9.85. The van der Waals surface area contributed by atoms with E-state index in [4.69, 9.17) is 15.7 Å². The Morgan fingerprint density at radius 1 is 1.42 bits per heavy atom. The van der Waals surface area contributed by atoms with Crippen LogP contribution in [-0.2, 0) is 29.6 Å². The fourth-order valence-corrected chi connectivity index (χ4v) is 4.40. The van der Waals surface area contributed by atoms with Crippen molar-refractivity contribution in [2.45, 2.75) is 29.6 Å². The van der Waals surface area contributed by atoms with Gasteiger partial charge in [-0.25, -0.2) is 22.7 Å². The summed E-state index contributed by atoms with van der Waals surface area (Å²) in [6, 6.07) is -3.26. The number of hydrogen-bond donors (Lipinski definition) is 7. The number of aliphatic hydroxyl groups is 2. The minimum absolute atomic E-state index is 0.136. The molecule has 3 heterocycles. The molecule has 3 aliphatic rings. The number of hydrogen-bond acceptors (Lipinski definition) is 15. The molecule has 21 heteroatoms. The van der Waals surface area contributed by atoms with Crippen LogP contribution in [0, 0.1) is 5.41 Å². The van der Waals surface area contributed by atoms with Gasteiger partial charge in [-0.15, -0.1) is 0 Å². The van der Waals surface area contributed by atoms with Crippen molar-refractivity contribution < 1.29 is 55.4 Å². The van der Waals surface area contributed by atoms with Crippen molar-refractivity contribution in [3.63, 3.8) is 0 Å². The first-order valence-corrected chi connectivity index (χ1v) is 10.6. The summed E-state index contributed by atoms with van der Waals surface area (Å²) in [6.07, 6.45) is -3.98. The molecule has 3 rings (SSSR count). The van der Waals surface area contributed by atoms with Crippen molar-refractivity contribution in [2.24, 2.45) is 15.1 Å². The Hall–Kier alpha value is -2.53. The molecule has 8 N–H and O–H groups in total. The molecule has 0 aromatic carbocycles. The van der Waals surface area contributed by atoms with Gasteiger partial charge in [0.2, 0.25) is 22.1 Å². The topological polar surface area (TPSA) is 307 Å². The van der Waals surface area contributed by atoms with Crippen LogP contribution in [0.25, 0.3) is 0 Å². The van der Waals surface area contributed by atoms with E-state index < -0.39 is 81.5 Å². The van der Waals surface area contributed by atoms with Gasteiger partial charge in [-0.3, -0.25) is 15.2 Å². The molecule has 0 amide bonds. The highest BCUT2D eigenvalue weighted by Gasteiger charge is 2.75. The Morgan fingerprint density at radius 2 is 2.03 bits per heavy atom. The van der Waals surface area contributed by atoms with Crippen LogP contribution in [-0.4, -0.2) is 112 Å². The molecule has 2 fully saturated rings. The SMILES string of the molecule is N=C1N(O)[C@@H](COC([O-])=NS(=O)(=O)[O-])[C@@H]2N=C(N)N[C@]23N1C[C@@H](OS(=O)(=O)O)C3(O)O. The first kappa shape index (κ1) is 23.1. The predicted octanol–water partition coefficient (Wildman–Crippen LogP) is -6.65. The predicted molar refractivity (Wildman–Crippen MR) is 89.8 cm³/mol. The van der Waals surface area contributed by atoms with Gasteiger partial charge in [0.1, 0.15) is 6.04 Å². The van der Waals surface area contributed by atoms with Gasteiger partial charge in [0.25, 0.3) is 0 Å². The van der Waals surface area contributed by atoms with Crippen LogP contribution in [0.3, 0.4) is 0 Å². The van der Waals surface area contributed by atoms with Gasteiger partial charge in [0.05, 0.1) is 12.6 Å². The van der Waals surface area contributed by atoms with E-state index in [1.807, 2.05) is 0 Å². The summed E-state index contributed by atoms with van der Waals surface area (Å²) in [5.74, 6) is -4.62. The maximum absolute atomic E-state index is 11.4. The number of nitrogens with two attached hydrogens (primary N) is 1.